The maximum Gasteiger partial charge on any atom is 0.269 e. The molecule has 114 valence electrons. The summed E-state index contributed by atoms with van der Waals surface area (Å²) in [6.45, 7) is 2.98. The second-order valence-corrected chi connectivity index (χ2v) is 6.21. The number of aliphatic hydroxyl groups excluding tert-OH is 1. The summed E-state index contributed by atoms with van der Waals surface area (Å²) in [5.41, 5.74) is 1.07. The number of benzene rings is 1. The number of non-ortho nitro benzene ring substituents is 1. The summed E-state index contributed by atoms with van der Waals surface area (Å²) in [5, 5.41) is 20.2. The Bertz CT molecular complexity index is 503. The van der Waals surface area contributed by atoms with Crippen molar-refractivity contribution in [1.82, 2.24) is 4.90 Å². The Balaban J connectivity index is 1.66. The molecule has 2 fully saturated rings. The van der Waals surface area contributed by atoms with Gasteiger partial charge in [-0.3, -0.25) is 15.0 Å². The molecule has 1 N–H and O–H groups in total. The van der Waals surface area contributed by atoms with Crippen LogP contribution in [0.25, 0.3) is 0 Å². The summed E-state index contributed by atoms with van der Waals surface area (Å²) < 4.78 is 5.26. The van der Waals surface area contributed by atoms with E-state index in [9.17, 15) is 15.2 Å². The van der Waals surface area contributed by atoms with Crippen molar-refractivity contribution >= 4 is 5.69 Å². The molecule has 1 saturated heterocycles. The first-order valence-electron chi connectivity index (χ1n) is 7.28. The van der Waals surface area contributed by atoms with Crippen molar-refractivity contribution in [2.75, 3.05) is 26.4 Å². The third kappa shape index (κ3) is 3.23. The van der Waals surface area contributed by atoms with E-state index in [0.29, 0.717) is 19.3 Å². The van der Waals surface area contributed by atoms with Crippen molar-refractivity contribution in [3.63, 3.8) is 0 Å². The van der Waals surface area contributed by atoms with Gasteiger partial charge in [0.05, 0.1) is 30.2 Å². The van der Waals surface area contributed by atoms with Gasteiger partial charge in [0.25, 0.3) is 5.69 Å². The predicted molar refractivity (Wildman–Crippen MR) is 76.9 cm³/mol. The Hall–Kier alpha value is -1.50. The van der Waals surface area contributed by atoms with E-state index in [4.69, 9.17) is 4.74 Å². The molecular weight excluding hydrogens is 272 g/mol. The van der Waals surface area contributed by atoms with Gasteiger partial charge in [-0.15, -0.1) is 0 Å². The molecule has 0 aromatic heterocycles. The normalized spacial score (nSPS) is 20.3. The average molecular weight is 292 g/mol. The van der Waals surface area contributed by atoms with E-state index in [0.717, 1.165) is 18.7 Å². The van der Waals surface area contributed by atoms with Crippen molar-refractivity contribution < 1.29 is 14.8 Å². The van der Waals surface area contributed by atoms with Crippen LogP contribution in [-0.4, -0.2) is 47.3 Å². The van der Waals surface area contributed by atoms with Crippen LogP contribution in [0.15, 0.2) is 24.3 Å². The lowest BCUT2D eigenvalue weighted by molar-refractivity contribution is -0.384. The fourth-order valence-corrected chi connectivity index (χ4v) is 2.77. The molecule has 6 nitrogen and oxygen atoms in total. The summed E-state index contributed by atoms with van der Waals surface area (Å²) in [6, 6.07) is 7.31. The molecule has 6 heteroatoms. The minimum absolute atomic E-state index is 0.121. The lowest BCUT2D eigenvalue weighted by Gasteiger charge is -2.43. The lowest BCUT2D eigenvalue weighted by atomic mass is 9.86. The molecule has 2 aliphatic rings. The number of hydrogen-bond donors (Lipinski definition) is 1. The number of rotatable bonds is 7. The van der Waals surface area contributed by atoms with Crippen molar-refractivity contribution in [3.05, 3.63) is 39.9 Å². The number of hydrogen-bond acceptors (Lipinski definition) is 5. The third-order valence-corrected chi connectivity index (χ3v) is 4.29. The van der Waals surface area contributed by atoms with Crippen LogP contribution in [0.4, 0.5) is 5.69 Å². The first kappa shape index (κ1) is 14.4. The number of nitrogens with zero attached hydrogens (tertiary/aromatic N) is 2. The second kappa shape index (κ2) is 5.71. The molecule has 0 radical (unpaired) electrons. The van der Waals surface area contributed by atoms with Crippen LogP contribution in [0, 0.1) is 15.5 Å². The molecule has 21 heavy (non-hydrogen) atoms. The molecule has 0 spiro atoms. The van der Waals surface area contributed by atoms with Crippen molar-refractivity contribution in [1.29, 1.82) is 0 Å². The van der Waals surface area contributed by atoms with Gasteiger partial charge < -0.3 is 9.84 Å². The van der Waals surface area contributed by atoms with Crippen LogP contribution in [0.3, 0.4) is 0 Å². The first-order valence-corrected chi connectivity index (χ1v) is 7.28. The maximum absolute atomic E-state index is 10.7. The molecule has 0 amide bonds. The van der Waals surface area contributed by atoms with E-state index in [-0.39, 0.29) is 22.6 Å². The highest BCUT2D eigenvalue weighted by molar-refractivity contribution is 5.32. The van der Waals surface area contributed by atoms with Gasteiger partial charge >= 0.3 is 0 Å². The highest BCUT2D eigenvalue weighted by Gasteiger charge is 2.42. The molecule has 3 rings (SSSR count). The second-order valence-electron chi connectivity index (χ2n) is 6.21. The van der Waals surface area contributed by atoms with Gasteiger partial charge in [-0.25, -0.2) is 0 Å². The van der Waals surface area contributed by atoms with Gasteiger partial charge in [0.15, 0.2) is 0 Å². The number of nitro groups is 1. The molecule has 1 aliphatic carbocycles. The van der Waals surface area contributed by atoms with E-state index in [2.05, 4.69) is 4.90 Å². The highest BCUT2D eigenvalue weighted by atomic mass is 16.6. The molecule has 0 bridgehead atoms. The fraction of sp³-hybridized carbons (Fsp3) is 0.600. The Morgan fingerprint density at radius 2 is 2.00 bits per heavy atom. The zero-order valence-corrected chi connectivity index (χ0v) is 11.9. The summed E-state index contributed by atoms with van der Waals surface area (Å²) in [6.07, 6.45) is 2.38. The average Bonchev–Trinajstić information content (AvgIpc) is 3.26. The molecule has 1 aromatic rings. The van der Waals surface area contributed by atoms with Crippen molar-refractivity contribution in [3.8, 4) is 0 Å². The van der Waals surface area contributed by atoms with Gasteiger partial charge in [-0.2, -0.15) is 0 Å². The first-order chi connectivity index (χ1) is 10.1. The predicted octanol–water partition coefficient (Wildman–Crippen LogP) is 1.57. The Labute approximate surface area is 123 Å². The highest BCUT2D eigenvalue weighted by Crippen LogP contribution is 2.35. The van der Waals surface area contributed by atoms with Crippen LogP contribution in [0.2, 0.25) is 0 Å². The smallest absolute Gasteiger partial charge is 0.269 e. The summed E-state index contributed by atoms with van der Waals surface area (Å²) in [7, 11) is 0. The minimum Gasteiger partial charge on any atom is -0.396 e. The molecule has 0 unspecified atom stereocenters. The van der Waals surface area contributed by atoms with Gasteiger partial charge in [-0.05, 0) is 18.4 Å². The van der Waals surface area contributed by atoms with E-state index in [1.165, 1.54) is 12.8 Å². The van der Waals surface area contributed by atoms with Crippen molar-refractivity contribution in [2.24, 2.45) is 5.41 Å². The largest absolute Gasteiger partial charge is 0.396 e. The molecule has 1 aliphatic heterocycles. The quantitative estimate of drug-likeness (QED) is 0.610. The number of ether oxygens (including phenoxy) is 1. The Kier molecular flexibility index (Phi) is 3.93. The summed E-state index contributed by atoms with van der Waals surface area (Å²) in [5.74, 6) is 0. The maximum atomic E-state index is 10.7. The molecular formula is C15H20N2O4. The monoisotopic (exact) mass is 292 g/mol. The molecule has 1 saturated carbocycles. The van der Waals surface area contributed by atoms with E-state index >= 15 is 0 Å². The van der Waals surface area contributed by atoms with Crippen LogP contribution in [-0.2, 0) is 11.3 Å². The zero-order valence-electron chi connectivity index (χ0n) is 11.9. The van der Waals surface area contributed by atoms with E-state index in [1.807, 2.05) is 12.1 Å². The number of nitro benzene ring substituents is 1. The van der Waals surface area contributed by atoms with Gasteiger partial charge in [0.1, 0.15) is 0 Å². The van der Waals surface area contributed by atoms with Crippen LogP contribution in [0.5, 0.6) is 0 Å². The topological polar surface area (TPSA) is 75.8 Å². The Morgan fingerprint density at radius 1 is 1.33 bits per heavy atom. The summed E-state index contributed by atoms with van der Waals surface area (Å²) >= 11 is 0. The van der Waals surface area contributed by atoms with Gasteiger partial charge in [-0.1, -0.05) is 12.1 Å². The standard InChI is InChI=1S/C15H20N2O4/c18-9-15(10-21-11-15)8-16(13-5-6-13)7-12-1-3-14(4-2-12)17(19)20/h1-4,13,18H,5-11H2. The Morgan fingerprint density at radius 3 is 2.43 bits per heavy atom. The number of aliphatic hydroxyl groups is 1. The molecule has 1 aromatic carbocycles. The zero-order chi connectivity index (χ0) is 14.9. The van der Waals surface area contributed by atoms with Gasteiger partial charge in [0.2, 0.25) is 0 Å². The van der Waals surface area contributed by atoms with E-state index < -0.39 is 0 Å². The summed E-state index contributed by atoms with van der Waals surface area (Å²) in [4.78, 5) is 12.7. The third-order valence-electron chi connectivity index (χ3n) is 4.29. The van der Waals surface area contributed by atoms with Crippen LogP contribution in [0.1, 0.15) is 18.4 Å². The van der Waals surface area contributed by atoms with E-state index in [1.54, 1.807) is 12.1 Å². The van der Waals surface area contributed by atoms with Gasteiger partial charge in [0, 0.05) is 31.3 Å². The molecule has 1 heterocycles. The SMILES string of the molecule is O=[N+]([O-])c1ccc(CN(CC2(CO)COC2)C2CC2)cc1. The van der Waals surface area contributed by atoms with Crippen molar-refractivity contribution in [2.45, 2.75) is 25.4 Å². The minimum atomic E-state index is -0.380. The van der Waals surface area contributed by atoms with Crippen LogP contribution >= 0.6 is 0 Å². The fourth-order valence-electron chi connectivity index (χ4n) is 2.77. The lowest BCUT2D eigenvalue weighted by Crippen LogP contribution is -2.53. The van der Waals surface area contributed by atoms with Crippen LogP contribution < -0.4 is 0 Å². The molecule has 0 atom stereocenters.